The number of carbonyl (C=O) groups excluding carboxylic acids is 2. The van der Waals surface area contributed by atoms with E-state index in [1.807, 2.05) is 6.07 Å². The van der Waals surface area contributed by atoms with Crippen molar-refractivity contribution in [1.82, 2.24) is 14.8 Å². The van der Waals surface area contributed by atoms with E-state index in [9.17, 15) is 19.6 Å². The highest BCUT2D eigenvalue weighted by molar-refractivity contribution is 7.07. The molecule has 0 radical (unpaired) electrons. The van der Waals surface area contributed by atoms with Crippen LogP contribution >= 0.6 is 11.3 Å². The zero-order valence-electron chi connectivity index (χ0n) is 20.2. The van der Waals surface area contributed by atoms with Gasteiger partial charge in [-0.05, 0) is 57.1 Å². The number of anilines is 2. The molecule has 2 aromatic rings. The third-order valence-electron chi connectivity index (χ3n) is 5.51. The van der Waals surface area contributed by atoms with E-state index in [4.69, 9.17) is 4.74 Å². The molecule has 10 nitrogen and oxygen atoms in total. The largest absolute Gasteiger partial charge is 0.457 e. The fourth-order valence-electron chi connectivity index (χ4n) is 3.69. The number of urea groups is 1. The van der Waals surface area contributed by atoms with Crippen molar-refractivity contribution < 1.29 is 14.3 Å². The fourth-order valence-corrected chi connectivity index (χ4v) is 4.76. The number of nitrogens with zero attached hydrogens (tertiary/aromatic N) is 3. The third-order valence-corrected chi connectivity index (χ3v) is 6.64. The number of amides is 2. The molecule has 1 aromatic heterocycles. The summed E-state index contributed by atoms with van der Waals surface area (Å²) in [6.07, 6.45) is 5.37. The summed E-state index contributed by atoms with van der Waals surface area (Å²) in [4.78, 5) is 39.5. The average molecular weight is 511 g/mol. The molecular weight excluding hydrogens is 480 g/mol. The minimum atomic E-state index is -0.802. The lowest BCUT2D eigenvalue weighted by atomic mass is 10.3. The molecule has 36 heavy (non-hydrogen) atoms. The van der Waals surface area contributed by atoms with Crippen molar-refractivity contribution in [3.05, 3.63) is 56.5 Å². The molecule has 1 aliphatic rings. The molecule has 0 spiro atoms. The van der Waals surface area contributed by atoms with Gasteiger partial charge in [-0.2, -0.15) is 5.26 Å². The molecule has 2 heterocycles. The lowest BCUT2D eigenvalue weighted by Crippen LogP contribution is -2.35. The Bertz CT molecular complexity index is 1300. The number of benzene rings is 1. The van der Waals surface area contributed by atoms with Crippen LogP contribution in [0.4, 0.5) is 16.2 Å². The number of nitrogens with one attached hydrogen (secondary N) is 3. The van der Waals surface area contributed by atoms with Crippen molar-refractivity contribution in [2.24, 2.45) is 0 Å². The summed E-state index contributed by atoms with van der Waals surface area (Å²) in [5.41, 5.74) is 0.785. The molecule has 0 saturated carbocycles. The van der Waals surface area contributed by atoms with Crippen molar-refractivity contribution in [2.75, 3.05) is 43.4 Å². The topological polar surface area (TPSA) is 128 Å². The van der Waals surface area contributed by atoms with Crippen molar-refractivity contribution >= 4 is 46.5 Å². The van der Waals surface area contributed by atoms with Gasteiger partial charge in [0.15, 0.2) is 5.57 Å². The second kappa shape index (κ2) is 13.3. The van der Waals surface area contributed by atoms with Gasteiger partial charge in [0.1, 0.15) is 21.9 Å². The minimum absolute atomic E-state index is 0.0304. The molecule has 1 fully saturated rings. The van der Waals surface area contributed by atoms with Gasteiger partial charge in [-0.1, -0.05) is 12.7 Å². The summed E-state index contributed by atoms with van der Waals surface area (Å²) >= 11 is 1.03. The fraction of sp³-hybridized carbons (Fsp3) is 0.360. The van der Waals surface area contributed by atoms with Gasteiger partial charge in [0.05, 0.1) is 0 Å². The first-order valence-electron chi connectivity index (χ1n) is 11.7. The number of rotatable bonds is 10. The number of nitriles is 1. The number of likely N-dealkylation sites (tertiary alicyclic amines) is 1. The summed E-state index contributed by atoms with van der Waals surface area (Å²) in [5.74, 6) is -0.802. The first kappa shape index (κ1) is 26.7. The first-order valence-corrected chi connectivity index (χ1v) is 12.5. The Balaban J connectivity index is 1.67. The van der Waals surface area contributed by atoms with Crippen LogP contribution in [0, 0.1) is 11.3 Å². The van der Waals surface area contributed by atoms with Crippen LogP contribution in [0.15, 0.2) is 41.7 Å². The van der Waals surface area contributed by atoms with Gasteiger partial charge in [-0.3, -0.25) is 9.36 Å². The van der Waals surface area contributed by atoms with Crippen LogP contribution < -0.4 is 30.7 Å². The van der Waals surface area contributed by atoms with Gasteiger partial charge in [-0.25, -0.2) is 9.59 Å². The molecule has 190 valence electrons. The average Bonchev–Trinajstić information content (AvgIpc) is 3.50. The standard InChI is InChI=1S/C25H30N6O4S/c1-3-15-35-24(33)20(16-26)23-31(4-2)22(32)21(36-23)17-28-18-7-9-19(10-8-18)29-25(34)27-11-14-30-12-5-6-13-30/h3,7-10,17,28H,1,4-6,11-15H2,2H3,(H2,27,29,34)/b21-17+,23-20-. The van der Waals surface area contributed by atoms with E-state index in [2.05, 4.69) is 27.4 Å². The van der Waals surface area contributed by atoms with Crippen LogP contribution in [-0.4, -0.2) is 54.3 Å². The molecule has 1 saturated heterocycles. The SMILES string of the molecule is C=CCOC(=O)/C(C#N)=c1\s/c(=C/Nc2ccc(NC(=O)NCCN3CCCC3)cc2)c(=O)n1CC. The maximum absolute atomic E-state index is 12.8. The number of hydrogen-bond acceptors (Lipinski definition) is 8. The van der Waals surface area contributed by atoms with E-state index in [1.165, 1.54) is 29.7 Å². The molecule has 0 aliphatic carbocycles. The highest BCUT2D eigenvalue weighted by Crippen LogP contribution is 2.13. The molecule has 11 heteroatoms. The lowest BCUT2D eigenvalue weighted by Gasteiger charge is -2.15. The predicted octanol–water partition coefficient (Wildman–Crippen LogP) is 1.40. The van der Waals surface area contributed by atoms with Crippen LogP contribution in [0.2, 0.25) is 0 Å². The van der Waals surface area contributed by atoms with Crippen molar-refractivity contribution in [3.63, 3.8) is 0 Å². The van der Waals surface area contributed by atoms with Crippen LogP contribution in [-0.2, 0) is 16.1 Å². The van der Waals surface area contributed by atoms with E-state index in [0.717, 1.165) is 31.0 Å². The van der Waals surface area contributed by atoms with Crippen molar-refractivity contribution in [1.29, 1.82) is 5.26 Å². The van der Waals surface area contributed by atoms with Crippen LogP contribution in [0.5, 0.6) is 0 Å². The molecule has 0 bridgehead atoms. The molecule has 3 N–H and O–H groups in total. The summed E-state index contributed by atoms with van der Waals surface area (Å²) in [5, 5.41) is 18.2. The number of carbonyl (C=O) groups is 2. The summed E-state index contributed by atoms with van der Waals surface area (Å²) in [6, 6.07) is 8.61. The lowest BCUT2D eigenvalue weighted by molar-refractivity contribution is -0.135. The molecule has 2 amide bonds. The van der Waals surface area contributed by atoms with Gasteiger partial charge in [-0.15, -0.1) is 11.3 Å². The number of aromatic nitrogens is 1. The highest BCUT2D eigenvalue weighted by atomic mass is 32.1. The molecule has 0 atom stereocenters. The minimum Gasteiger partial charge on any atom is -0.457 e. The second-order valence-electron chi connectivity index (χ2n) is 7.99. The monoisotopic (exact) mass is 510 g/mol. The number of ether oxygens (including phenoxy) is 1. The Kier molecular flexibility index (Phi) is 9.85. The highest BCUT2D eigenvalue weighted by Gasteiger charge is 2.16. The van der Waals surface area contributed by atoms with Crippen molar-refractivity contribution in [2.45, 2.75) is 26.3 Å². The van der Waals surface area contributed by atoms with Gasteiger partial charge in [0.25, 0.3) is 5.56 Å². The first-order chi connectivity index (χ1) is 17.5. The Morgan fingerprint density at radius 1 is 1.22 bits per heavy atom. The Morgan fingerprint density at radius 2 is 1.92 bits per heavy atom. The van der Waals surface area contributed by atoms with E-state index in [-0.39, 0.29) is 28.4 Å². The Morgan fingerprint density at radius 3 is 2.56 bits per heavy atom. The van der Waals surface area contributed by atoms with Crippen molar-refractivity contribution in [3.8, 4) is 6.07 Å². The second-order valence-corrected chi connectivity index (χ2v) is 9.02. The molecule has 1 aromatic carbocycles. The quantitative estimate of drug-likeness (QED) is 0.326. The van der Waals surface area contributed by atoms with Gasteiger partial charge in [0, 0.05) is 37.2 Å². The van der Waals surface area contributed by atoms with E-state index in [0.29, 0.717) is 29.0 Å². The molecule has 3 rings (SSSR count). The smallest absolute Gasteiger partial charge is 0.352 e. The van der Waals surface area contributed by atoms with Crippen LogP contribution in [0.3, 0.4) is 0 Å². The Hall–Kier alpha value is -3.88. The zero-order chi connectivity index (χ0) is 25.9. The Labute approximate surface area is 213 Å². The maximum atomic E-state index is 12.8. The van der Waals surface area contributed by atoms with E-state index >= 15 is 0 Å². The van der Waals surface area contributed by atoms with Gasteiger partial charge >= 0.3 is 12.0 Å². The predicted molar refractivity (Wildman–Crippen MR) is 141 cm³/mol. The number of esters is 1. The van der Waals surface area contributed by atoms with Gasteiger partial charge < -0.3 is 25.6 Å². The third kappa shape index (κ3) is 7.07. The van der Waals surface area contributed by atoms with Gasteiger partial charge in [0.2, 0.25) is 0 Å². The van der Waals surface area contributed by atoms with Crippen LogP contribution in [0.1, 0.15) is 19.8 Å². The summed E-state index contributed by atoms with van der Waals surface area (Å²) in [7, 11) is 0. The van der Waals surface area contributed by atoms with Crippen LogP contribution in [0.25, 0.3) is 11.8 Å². The number of thiazole rings is 1. The van der Waals surface area contributed by atoms with E-state index in [1.54, 1.807) is 31.2 Å². The normalized spacial score (nSPS) is 14.6. The zero-order valence-corrected chi connectivity index (χ0v) is 21.0. The molecule has 0 unspecified atom stereocenters. The maximum Gasteiger partial charge on any atom is 0.352 e. The summed E-state index contributed by atoms with van der Waals surface area (Å²) < 4.78 is 6.90. The molecular formula is C25H30N6O4S. The number of hydrogen-bond donors (Lipinski definition) is 3. The summed E-state index contributed by atoms with van der Waals surface area (Å²) in [6.45, 7) is 9.12. The van der Waals surface area contributed by atoms with E-state index < -0.39 is 5.97 Å². The molecule has 1 aliphatic heterocycles.